The Morgan fingerprint density at radius 1 is 1.32 bits per heavy atom. The number of carbonyl (C=O) groups is 1. The highest BCUT2D eigenvalue weighted by Gasteiger charge is 2.39. The van der Waals surface area contributed by atoms with Crippen LogP contribution in [0.4, 0.5) is 10.1 Å². The maximum atomic E-state index is 13.5. The predicted molar refractivity (Wildman–Crippen MR) is 75.6 cm³/mol. The maximum Gasteiger partial charge on any atom is 0.268 e. The Balaban J connectivity index is 2.15. The number of ether oxygens (including phenoxy) is 1. The first kappa shape index (κ1) is 14.9. The summed E-state index contributed by atoms with van der Waals surface area (Å²) in [5, 5.41) is 3.94. The van der Waals surface area contributed by atoms with Crippen molar-refractivity contribution in [1.82, 2.24) is 9.62 Å². The van der Waals surface area contributed by atoms with Crippen LogP contribution in [-0.4, -0.2) is 44.9 Å². The Labute approximate surface area is 126 Å². The van der Waals surface area contributed by atoms with Crippen molar-refractivity contribution in [3.8, 4) is 0 Å². The van der Waals surface area contributed by atoms with Crippen molar-refractivity contribution in [1.29, 1.82) is 0 Å². The van der Waals surface area contributed by atoms with Gasteiger partial charge in [-0.1, -0.05) is 0 Å². The van der Waals surface area contributed by atoms with E-state index in [1.54, 1.807) is 0 Å². The lowest BCUT2D eigenvalue weighted by Crippen LogP contribution is -2.41. The summed E-state index contributed by atoms with van der Waals surface area (Å²) in [5.41, 5.74) is 5.14. The molecule has 1 aromatic rings. The van der Waals surface area contributed by atoms with Gasteiger partial charge in [0.1, 0.15) is 16.4 Å². The molecular weight excluding hydrogens is 313 g/mol. The van der Waals surface area contributed by atoms with E-state index in [-0.39, 0.29) is 48.2 Å². The monoisotopic (exact) mass is 326 g/mol. The molecule has 1 amide bonds. The quantitative estimate of drug-likeness (QED) is 0.837. The van der Waals surface area contributed by atoms with Crippen LogP contribution in [0.1, 0.15) is 5.56 Å². The normalized spacial score (nSPS) is 19.0. The van der Waals surface area contributed by atoms with Gasteiger partial charge in [0.15, 0.2) is 0 Å². The lowest BCUT2D eigenvalue weighted by molar-refractivity contribution is -0.114. The zero-order valence-corrected chi connectivity index (χ0v) is 12.3. The van der Waals surface area contributed by atoms with Gasteiger partial charge in [-0.15, -0.1) is 0 Å². The lowest BCUT2D eigenvalue weighted by atomic mass is 10.2. The van der Waals surface area contributed by atoms with Crippen LogP contribution in [0.3, 0.4) is 0 Å². The molecule has 1 saturated heterocycles. The number of fused-ring (bicyclic) bond motifs is 1. The topological polar surface area (TPSA) is 104 Å². The fourth-order valence-electron chi connectivity index (χ4n) is 2.43. The molecule has 1 fully saturated rings. The average molecular weight is 326 g/mol. The third kappa shape index (κ3) is 2.36. The largest absolute Gasteiger partial charge is 0.379 e. The molecule has 22 heavy (non-hydrogen) atoms. The van der Waals surface area contributed by atoms with E-state index in [9.17, 15) is 17.6 Å². The molecule has 0 aromatic heterocycles. The summed E-state index contributed by atoms with van der Waals surface area (Å²) >= 11 is 0. The van der Waals surface area contributed by atoms with Crippen LogP contribution >= 0.6 is 0 Å². The number of benzene rings is 1. The number of sulfonamides is 1. The molecule has 1 aromatic carbocycles. The Kier molecular flexibility index (Phi) is 3.63. The Hall–Kier alpha value is -1.97. The van der Waals surface area contributed by atoms with E-state index in [1.807, 2.05) is 0 Å². The first-order valence-corrected chi connectivity index (χ1v) is 7.99. The van der Waals surface area contributed by atoms with Gasteiger partial charge in [0.2, 0.25) is 10.0 Å². The van der Waals surface area contributed by atoms with Crippen LogP contribution in [-0.2, 0) is 19.6 Å². The van der Waals surface area contributed by atoms with Crippen LogP contribution in [0.5, 0.6) is 0 Å². The molecule has 0 bridgehead atoms. The van der Waals surface area contributed by atoms with Gasteiger partial charge in [-0.05, 0) is 18.2 Å². The van der Waals surface area contributed by atoms with Gasteiger partial charge in [-0.2, -0.15) is 4.31 Å². The molecule has 2 aliphatic rings. The molecule has 9 heteroatoms. The Morgan fingerprint density at radius 3 is 2.64 bits per heavy atom. The standard InChI is InChI=1S/C13H13FN3O4S/c14-8-1-2-10-9(7-8)12(11(16-10)13(15)18)22(19,20)17-3-5-21-6-4-17/h1-2,7H,3-6H2,(H2,15,18). The van der Waals surface area contributed by atoms with Gasteiger partial charge in [-0.3, -0.25) is 4.79 Å². The number of carbonyl (C=O) groups excluding carboxylic acids is 1. The molecule has 0 saturated carbocycles. The second-order valence-corrected chi connectivity index (χ2v) is 6.71. The zero-order chi connectivity index (χ0) is 15.9. The van der Waals surface area contributed by atoms with Gasteiger partial charge >= 0.3 is 0 Å². The maximum absolute atomic E-state index is 13.5. The molecule has 3 rings (SSSR count). The number of morpholine rings is 1. The average Bonchev–Trinajstić information content (AvgIpc) is 2.87. The van der Waals surface area contributed by atoms with Crippen molar-refractivity contribution < 1.29 is 22.3 Å². The highest BCUT2D eigenvalue weighted by atomic mass is 32.2. The second-order valence-electron chi connectivity index (χ2n) is 4.83. The third-order valence-corrected chi connectivity index (χ3v) is 5.43. The molecule has 0 unspecified atom stereocenters. The first-order valence-electron chi connectivity index (χ1n) is 6.55. The molecular formula is C13H13FN3O4S. The SMILES string of the molecule is NC(=O)C1=C(S(=O)(=O)N2CCOCC2)c2cc(F)ccc2[N]1. The number of hydrogen-bond acceptors (Lipinski definition) is 4. The van der Waals surface area contributed by atoms with Gasteiger partial charge < -0.3 is 10.5 Å². The van der Waals surface area contributed by atoms with E-state index in [1.165, 1.54) is 10.4 Å². The van der Waals surface area contributed by atoms with Gasteiger partial charge in [-0.25, -0.2) is 18.1 Å². The van der Waals surface area contributed by atoms with Gasteiger partial charge in [0, 0.05) is 18.7 Å². The van der Waals surface area contributed by atoms with Crippen molar-refractivity contribution in [3.05, 3.63) is 35.3 Å². The van der Waals surface area contributed by atoms with E-state index in [2.05, 4.69) is 5.32 Å². The Bertz CT molecular complexity index is 769. The molecule has 1 radical (unpaired) electrons. The number of nitrogens with zero attached hydrogens (tertiary/aromatic N) is 2. The summed E-state index contributed by atoms with van der Waals surface area (Å²) in [5.74, 6) is -1.59. The molecule has 0 atom stereocenters. The molecule has 7 nitrogen and oxygen atoms in total. The summed E-state index contributed by atoms with van der Waals surface area (Å²) < 4.78 is 45.4. The van der Waals surface area contributed by atoms with Crippen molar-refractivity contribution >= 4 is 26.5 Å². The van der Waals surface area contributed by atoms with Crippen molar-refractivity contribution in [3.63, 3.8) is 0 Å². The van der Waals surface area contributed by atoms with Gasteiger partial charge in [0.25, 0.3) is 5.91 Å². The third-order valence-electron chi connectivity index (χ3n) is 3.45. The minimum atomic E-state index is -4.01. The number of primary amides is 1. The number of nitrogens with two attached hydrogens (primary N) is 1. The van der Waals surface area contributed by atoms with Crippen LogP contribution in [0.15, 0.2) is 23.9 Å². The summed E-state index contributed by atoms with van der Waals surface area (Å²) in [6, 6.07) is 3.50. The molecule has 0 aliphatic carbocycles. The van der Waals surface area contributed by atoms with Crippen molar-refractivity contribution in [2.45, 2.75) is 0 Å². The van der Waals surface area contributed by atoms with Crippen LogP contribution < -0.4 is 11.1 Å². The highest BCUT2D eigenvalue weighted by Crippen LogP contribution is 2.39. The minimum Gasteiger partial charge on any atom is -0.379 e. The fourth-order valence-corrected chi connectivity index (χ4v) is 4.15. The van der Waals surface area contributed by atoms with E-state index < -0.39 is 21.7 Å². The van der Waals surface area contributed by atoms with E-state index in [4.69, 9.17) is 10.5 Å². The van der Waals surface area contributed by atoms with E-state index in [0.717, 1.165) is 12.1 Å². The molecule has 2 N–H and O–H groups in total. The number of amides is 1. The minimum absolute atomic E-state index is 0.0558. The lowest BCUT2D eigenvalue weighted by Gasteiger charge is -2.26. The number of halogens is 1. The van der Waals surface area contributed by atoms with Crippen LogP contribution in [0, 0.1) is 5.82 Å². The predicted octanol–water partition coefficient (Wildman–Crippen LogP) is -0.109. The molecule has 2 aliphatic heterocycles. The summed E-state index contributed by atoms with van der Waals surface area (Å²) in [6.45, 7) is 0.822. The number of rotatable bonds is 3. The van der Waals surface area contributed by atoms with Crippen LogP contribution in [0.25, 0.3) is 4.91 Å². The smallest absolute Gasteiger partial charge is 0.268 e. The molecule has 117 valence electrons. The summed E-state index contributed by atoms with van der Waals surface area (Å²) in [4.78, 5) is 11.2. The van der Waals surface area contributed by atoms with Gasteiger partial charge in [0.05, 0.1) is 18.9 Å². The molecule has 0 spiro atoms. The summed E-state index contributed by atoms with van der Waals surface area (Å²) in [7, 11) is -4.01. The Morgan fingerprint density at radius 2 is 2.00 bits per heavy atom. The fraction of sp³-hybridized carbons (Fsp3) is 0.308. The highest BCUT2D eigenvalue weighted by molar-refractivity contribution is 7.98. The van der Waals surface area contributed by atoms with E-state index in [0.29, 0.717) is 0 Å². The van der Waals surface area contributed by atoms with Crippen LogP contribution in [0.2, 0.25) is 0 Å². The van der Waals surface area contributed by atoms with E-state index >= 15 is 0 Å². The number of hydrogen-bond donors (Lipinski definition) is 1. The van der Waals surface area contributed by atoms with Crippen molar-refractivity contribution in [2.75, 3.05) is 26.3 Å². The molecule has 2 heterocycles. The van der Waals surface area contributed by atoms with Crippen molar-refractivity contribution in [2.24, 2.45) is 5.73 Å². The first-order chi connectivity index (χ1) is 10.4. The zero-order valence-electron chi connectivity index (χ0n) is 11.5. The second kappa shape index (κ2) is 5.34. The summed E-state index contributed by atoms with van der Waals surface area (Å²) in [6.07, 6.45) is 0.